The Hall–Kier alpha value is -1.36. The molecule has 5 heteroatoms. The van der Waals surface area contributed by atoms with Crippen LogP contribution in [0.4, 0.5) is 0 Å². The topological polar surface area (TPSA) is 66.4 Å². The molecule has 1 aromatic heterocycles. The van der Waals surface area contributed by atoms with Crippen molar-refractivity contribution in [2.75, 3.05) is 0 Å². The van der Waals surface area contributed by atoms with E-state index in [4.69, 9.17) is 5.11 Å². The van der Waals surface area contributed by atoms with Gasteiger partial charge in [0.15, 0.2) is 0 Å². The van der Waals surface area contributed by atoms with Crippen LogP contribution in [-0.4, -0.2) is 23.0 Å². The molecule has 0 saturated heterocycles. The van der Waals surface area contributed by atoms with Crippen molar-refractivity contribution in [2.45, 2.75) is 38.6 Å². The van der Waals surface area contributed by atoms with Crippen LogP contribution in [0.2, 0.25) is 0 Å². The first-order valence-electron chi connectivity index (χ1n) is 6.22. The van der Waals surface area contributed by atoms with E-state index in [1.165, 1.54) is 16.2 Å². The number of carboxylic acids is 1. The summed E-state index contributed by atoms with van der Waals surface area (Å²) >= 11 is 1.50. The van der Waals surface area contributed by atoms with Crippen LogP contribution < -0.4 is 5.32 Å². The third-order valence-electron chi connectivity index (χ3n) is 3.35. The molecule has 1 heterocycles. The van der Waals surface area contributed by atoms with Gasteiger partial charge in [0.1, 0.15) is 0 Å². The van der Waals surface area contributed by atoms with Gasteiger partial charge < -0.3 is 10.4 Å². The van der Waals surface area contributed by atoms with Crippen LogP contribution in [0.5, 0.6) is 0 Å². The van der Waals surface area contributed by atoms with Gasteiger partial charge in [-0.05, 0) is 37.8 Å². The molecule has 4 nitrogen and oxygen atoms in total. The summed E-state index contributed by atoms with van der Waals surface area (Å²) in [6, 6.07) is 3.81. The van der Waals surface area contributed by atoms with Crippen molar-refractivity contribution in [3.05, 3.63) is 21.9 Å². The third kappa shape index (κ3) is 2.90. The number of rotatable bonds is 4. The van der Waals surface area contributed by atoms with Crippen molar-refractivity contribution in [1.82, 2.24) is 5.32 Å². The first-order chi connectivity index (χ1) is 8.60. The number of aryl methyl sites for hydroxylation is 1. The minimum Gasteiger partial charge on any atom is -0.481 e. The summed E-state index contributed by atoms with van der Waals surface area (Å²) in [7, 11) is 0. The summed E-state index contributed by atoms with van der Waals surface area (Å²) in [5, 5.41) is 11.8. The molecule has 2 N–H and O–H groups in total. The van der Waals surface area contributed by atoms with Crippen LogP contribution >= 0.6 is 11.3 Å². The normalized spacial score (nSPS) is 22.9. The maximum absolute atomic E-state index is 12.0. The Bertz CT molecular complexity index is 455. The van der Waals surface area contributed by atoms with Gasteiger partial charge in [-0.3, -0.25) is 9.59 Å². The smallest absolute Gasteiger partial charge is 0.306 e. The van der Waals surface area contributed by atoms with E-state index >= 15 is 0 Å². The summed E-state index contributed by atoms with van der Waals surface area (Å²) in [4.78, 5) is 24.7. The minimum atomic E-state index is -0.754. The Labute approximate surface area is 110 Å². The molecule has 1 amide bonds. The number of carboxylic acid groups (broad SMARTS) is 1. The molecule has 0 spiro atoms. The van der Waals surface area contributed by atoms with Crippen molar-refractivity contribution in [2.24, 2.45) is 5.92 Å². The molecule has 98 valence electrons. The molecule has 1 saturated carbocycles. The first kappa shape index (κ1) is 13.1. The van der Waals surface area contributed by atoms with Gasteiger partial charge in [-0.1, -0.05) is 6.92 Å². The summed E-state index contributed by atoms with van der Waals surface area (Å²) in [5.41, 5.74) is 0. The molecule has 2 atom stereocenters. The SMILES string of the molecule is CCc1ccc(C(=O)NC2CCC(C(=O)O)C2)s1. The van der Waals surface area contributed by atoms with E-state index in [9.17, 15) is 9.59 Å². The zero-order valence-corrected chi connectivity index (χ0v) is 11.1. The zero-order valence-electron chi connectivity index (χ0n) is 10.3. The monoisotopic (exact) mass is 267 g/mol. The second-order valence-corrected chi connectivity index (χ2v) is 5.81. The minimum absolute atomic E-state index is 0.00535. The Morgan fingerprint density at radius 3 is 2.78 bits per heavy atom. The average molecular weight is 267 g/mol. The summed E-state index contributed by atoms with van der Waals surface area (Å²) in [6.07, 6.45) is 2.90. The van der Waals surface area contributed by atoms with Crippen LogP contribution in [0.25, 0.3) is 0 Å². The van der Waals surface area contributed by atoms with Gasteiger partial charge in [0.25, 0.3) is 5.91 Å². The standard InChI is InChI=1S/C13H17NO3S/c1-2-10-5-6-11(18-10)12(15)14-9-4-3-8(7-9)13(16)17/h5-6,8-9H,2-4,7H2,1H3,(H,14,15)(H,16,17). The molecule has 1 fully saturated rings. The second kappa shape index (κ2) is 5.52. The third-order valence-corrected chi connectivity index (χ3v) is 4.58. The highest BCUT2D eigenvalue weighted by Crippen LogP contribution is 2.26. The number of hydrogen-bond donors (Lipinski definition) is 2. The van der Waals surface area contributed by atoms with E-state index in [-0.39, 0.29) is 17.9 Å². The molecule has 0 bridgehead atoms. The average Bonchev–Trinajstić information content (AvgIpc) is 2.96. The number of amides is 1. The van der Waals surface area contributed by atoms with Gasteiger partial charge in [0, 0.05) is 10.9 Å². The number of thiophene rings is 1. The van der Waals surface area contributed by atoms with Crippen molar-refractivity contribution >= 4 is 23.2 Å². The molecule has 0 aliphatic heterocycles. The number of hydrogen-bond acceptors (Lipinski definition) is 3. The lowest BCUT2D eigenvalue weighted by Gasteiger charge is -2.11. The molecule has 2 unspecified atom stereocenters. The Kier molecular flexibility index (Phi) is 4.01. The molecule has 1 aliphatic rings. The molecule has 1 aromatic rings. The first-order valence-corrected chi connectivity index (χ1v) is 7.04. The van der Waals surface area contributed by atoms with E-state index in [1.807, 2.05) is 12.1 Å². The number of aliphatic carboxylic acids is 1. The molecule has 1 aliphatic carbocycles. The maximum atomic E-state index is 12.0. The number of nitrogens with one attached hydrogen (secondary N) is 1. The van der Waals surface area contributed by atoms with E-state index in [0.717, 1.165) is 12.8 Å². The van der Waals surface area contributed by atoms with Gasteiger partial charge in [-0.25, -0.2) is 0 Å². The molecule has 18 heavy (non-hydrogen) atoms. The highest BCUT2D eigenvalue weighted by molar-refractivity contribution is 7.14. The highest BCUT2D eigenvalue weighted by atomic mass is 32.1. The van der Waals surface area contributed by atoms with E-state index in [1.54, 1.807) is 0 Å². The van der Waals surface area contributed by atoms with Gasteiger partial charge in [-0.15, -0.1) is 11.3 Å². The van der Waals surface area contributed by atoms with Gasteiger partial charge >= 0.3 is 5.97 Å². The van der Waals surface area contributed by atoms with Crippen LogP contribution in [-0.2, 0) is 11.2 Å². The van der Waals surface area contributed by atoms with Crippen LogP contribution in [0.1, 0.15) is 40.7 Å². The fraction of sp³-hybridized carbons (Fsp3) is 0.538. The molecule has 0 aromatic carbocycles. The molecule has 2 rings (SSSR count). The molecular formula is C13H17NO3S. The summed E-state index contributed by atoms with van der Waals surface area (Å²) in [6.45, 7) is 2.06. The Morgan fingerprint density at radius 2 is 2.22 bits per heavy atom. The van der Waals surface area contributed by atoms with Crippen molar-refractivity contribution in [1.29, 1.82) is 0 Å². The summed E-state index contributed by atoms with van der Waals surface area (Å²) in [5.74, 6) is -1.13. The lowest BCUT2D eigenvalue weighted by Crippen LogP contribution is -2.32. The Morgan fingerprint density at radius 1 is 1.44 bits per heavy atom. The van der Waals surface area contributed by atoms with Crippen molar-refractivity contribution in [3.63, 3.8) is 0 Å². The van der Waals surface area contributed by atoms with E-state index < -0.39 is 5.97 Å². The fourth-order valence-electron chi connectivity index (χ4n) is 2.28. The van der Waals surface area contributed by atoms with Crippen molar-refractivity contribution < 1.29 is 14.7 Å². The van der Waals surface area contributed by atoms with Gasteiger partial charge in [-0.2, -0.15) is 0 Å². The number of carbonyl (C=O) groups is 2. The predicted octanol–water partition coefficient (Wildman–Crippen LogP) is 2.29. The highest BCUT2D eigenvalue weighted by Gasteiger charge is 2.30. The fourth-order valence-corrected chi connectivity index (χ4v) is 3.13. The zero-order chi connectivity index (χ0) is 13.1. The molecule has 0 radical (unpaired) electrons. The van der Waals surface area contributed by atoms with Crippen LogP contribution in [0, 0.1) is 5.92 Å². The van der Waals surface area contributed by atoms with E-state index in [2.05, 4.69) is 12.2 Å². The second-order valence-electron chi connectivity index (χ2n) is 4.64. The van der Waals surface area contributed by atoms with Crippen LogP contribution in [0.15, 0.2) is 12.1 Å². The lowest BCUT2D eigenvalue weighted by atomic mass is 10.1. The maximum Gasteiger partial charge on any atom is 0.306 e. The van der Waals surface area contributed by atoms with E-state index in [0.29, 0.717) is 17.7 Å². The largest absolute Gasteiger partial charge is 0.481 e. The Balaban J connectivity index is 1.90. The molecular weight excluding hydrogens is 250 g/mol. The predicted molar refractivity (Wildman–Crippen MR) is 69.9 cm³/mol. The summed E-state index contributed by atoms with van der Waals surface area (Å²) < 4.78 is 0. The van der Waals surface area contributed by atoms with Crippen molar-refractivity contribution in [3.8, 4) is 0 Å². The number of carbonyl (C=O) groups excluding carboxylic acids is 1. The van der Waals surface area contributed by atoms with Crippen LogP contribution in [0.3, 0.4) is 0 Å². The van der Waals surface area contributed by atoms with Gasteiger partial charge in [0.2, 0.25) is 0 Å². The van der Waals surface area contributed by atoms with Gasteiger partial charge in [0.05, 0.1) is 10.8 Å². The lowest BCUT2D eigenvalue weighted by molar-refractivity contribution is -0.141. The quantitative estimate of drug-likeness (QED) is 0.879.